The number of nitrogens with zero attached hydrogens (tertiary/aromatic N) is 4. The summed E-state index contributed by atoms with van der Waals surface area (Å²) in [5.74, 6) is 0. The lowest BCUT2D eigenvalue weighted by atomic mass is 10.2. The van der Waals surface area contributed by atoms with Crippen molar-refractivity contribution in [1.82, 2.24) is 18.9 Å². The van der Waals surface area contributed by atoms with E-state index in [-0.39, 0.29) is 5.56 Å². The first-order valence-corrected chi connectivity index (χ1v) is 10.9. The second-order valence-electron chi connectivity index (χ2n) is 7.87. The number of nitrogens with one attached hydrogen (secondary N) is 1. The monoisotopic (exact) mass is 421 g/mol. The highest BCUT2D eigenvalue weighted by atomic mass is 32.1. The zero-order chi connectivity index (χ0) is 21.6. The number of anilines is 1. The van der Waals surface area contributed by atoms with E-state index in [0.29, 0.717) is 11.7 Å². The first-order chi connectivity index (χ1) is 14.3. The van der Waals surface area contributed by atoms with E-state index in [4.69, 9.17) is 4.98 Å². The van der Waals surface area contributed by atoms with Gasteiger partial charge in [0, 0.05) is 35.4 Å². The zero-order valence-corrected chi connectivity index (χ0v) is 19.0. The maximum atomic E-state index is 13.5. The van der Waals surface area contributed by atoms with Gasteiger partial charge in [-0.25, -0.2) is 9.67 Å². The van der Waals surface area contributed by atoms with E-state index in [1.807, 2.05) is 55.9 Å². The third kappa shape index (κ3) is 3.29. The molecule has 4 rings (SSSR count). The van der Waals surface area contributed by atoms with Gasteiger partial charge in [-0.3, -0.25) is 9.48 Å². The summed E-state index contributed by atoms with van der Waals surface area (Å²) >= 11 is 1.60. The molecular weight excluding hydrogens is 394 g/mol. The van der Waals surface area contributed by atoms with Crippen LogP contribution in [-0.2, 0) is 7.05 Å². The van der Waals surface area contributed by atoms with Crippen molar-refractivity contribution in [3.05, 3.63) is 69.2 Å². The fourth-order valence-corrected chi connectivity index (χ4v) is 4.75. The lowest BCUT2D eigenvalue weighted by molar-refractivity contribution is 0.630. The van der Waals surface area contributed by atoms with Crippen LogP contribution in [0.5, 0.6) is 0 Å². The number of thiazole rings is 1. The maximum Gasteiger partial charge on any atom is 0.295 e. The number of rotatable bonds is 5. The molecule has 156 valence electrons. The summed E-state index contributed by atoms with van der Waals surface area (Å²) in [4.78, 5) is 18.2. The second kappa shape index (κ2) is 7.65. The molecule has 0 atom stereocenters. The minimum absolute atomic E-state index is 0.0324. The Morgan fingerprint density at radius 3 is 2.43 bits per heavy atom. The van der Waals surface area contributed by atoms with E-state index < -0.39 is 0 Å². The van der Waals surface area contributed by atoms with Crippen molar-refractivity contribution < 1.29 is 0 Å². The summed E-state index contributed by atoms with van der Waals surface area (Å²) in [5.41, 5.74) is 6.42. The van der Waals surface area contributed by atoms with Gasteiger partial charge in [0.15, 0.2) is 5.13 Å². The Morgan fingerprint density at radius 2 is 1.77 bits per heavy atom. The molecule has 0 aliphatic carbocycles. The van der Waals surface area contributed by atoms with E-state index in [1.54, 1.807) is 16.0 Å². The normalized spacial score (nSPS) is 11.4. The summed E-state index contributed by atoms with van der Waals surface area (Å²) in [6, 6.07) is 12.2. The number of hydrogen-bond donors (Lipinski definition) is 1. The van der Waals surface area contributed by atoms with Crippen molar-refractivity contribution in [3.63, 3.8) is 0 Å². The quantitative estimate of drug-likeness (QED) is 0.502. The molecule has 0 aliphatic heterocycles. The molecular formula is C23H27N5OS. The summed E-state index contributed by atoms with van der Waals surface area (Å²) < 4.78 is 5.69. The van der Waals surface area contributed by atoms with Crippen LogP contribution in [0.3, 0.4) is 0 Å². The van der Waals surface area contributed by atoms with Crippen molar-refractivity contribution in [1.29, 1.82) is 0 Å². The van der Waals surface area contributed by atoms with Gasteiger partial charge in [-0.2, -0.15) is 0 Å². The molecule has 3 aromatic heterocycles. The molecule has 0 saturated heterocycles. The van der Waals surface area contributed by atoms with E-state index in [9.17, 15) is 4.79 Å². The first kappa shape index (κ1) is 20.2. The number of para-hydroxylation sites is 1. The first-order valence-electron chi connectivity index (χ1n) is 10.1. The van der Waals surface area contributed by atoms with Crippen LogP contribution in [0.25, 0.3) is 22.6 Å². The van der Waals surface area contributed by atoms with Crippen LogP contribution in [0.1, 0.15) is 30.9 Å². The average molecular weight is 422 g/mol. The lowest BCUT2D eigenvalue weighted by Crippen LogP contribution is -2.21. The highest BCUT2D eigenvalue weighted by Gasteiger charge is 2.22. The Labute approximate surface area is 180 Å². The van der Waals surface area contributed by atoms with Gasteiger partial charge in [0.25, 0.3) is 5.56 Å². The Kier molecular flexibility index (Phi) is 5.15. The van der Waals surface area contributed by atoms with Gasteiger partial charge < -0.3 is 9.88 Å². The van der Waals surface area contributed by atoms with Crippen LogP contribution in [0.15, 0.2) is 46.6 Å². The summed E-state index contributed by atoms with van der Waals surface area (Å²) in [5, 5.41) is 6.33. The molecule has 30 heavy (non-hydrogen) atoms. The molecule has 0 amide bonds. The van der Waals surface area contributed by atoms with Crippen molar-refractivity contribution in [2.45, 2.75) is 40.7 Å². The van der Waals surface area contributed by atoms with E-state index in [1.165, 1.54) is 0 Å². The van der Waals surface area contributed by atoms with Crippen LogP contribution in [0.2, 0.25) is 0 Å². The van der Waals surface area contributed by atoms with Gasteiger partial charge >= 0.3 is 0 Å². The second-order valence-corrected chi connectivity index (χ2v) is 8.73. The molecule has 0 unspecified atom stereocenters. The van der Waals surface area contributed by atoms with Crippen LogP contribution < -0.4 is 10.9 Å². The third-order valence-corrected chi connectivity index (χ3v) is 6.14. The SMILES string of the molecule is Cc1cc(-c2csc(NC(C)C)n2)c(C)n1-c1c(C)n(C)n(-c2ccccc2)c1=O. The zero-order valence-electron chi connectivity index (χ0n) is 18.2. The smallest absolute Gasteiger partial charge is 0.295 e. The molecule has 0 saturated carbocycles. The molecule has 4 aromatic rings. The van der Waals surface area contributed by atoms with Crippen molar-refractivity contribution in [2.24, 2.45) is 7.05 Å². The van der Waals surface area contributed by atoms with E-state index in [2.05, 4.69) is 42.1 Å². The van der Waals surface area contributed by atoms with Crippen LogP contribution in [0.4, 0.5) is 5.13 Å². The molecule has 6 nitrogen and oxygen atoms in total. The Bertz CT molecular complexity index is 1260. The molecule has 7 heteroatoms. The highest BCUT2D eigenvalue weighted by molar-refractivity contribution is 7.14. The number of aryl methyl sites for hydroxylation is 1. The fourth-order valence-electron chi connectivity index (χ4n) is 3.89. The van der Waals surface area contributed by atoms with Crippen molar-refractivity contribution in [2.75, 3.05) is 5.32 Å². The predicted octanol–water partition coefficient (Wildman–Crippen LogP) is 4.84. The number of aromatic nitrogens is 4. The molecule has 1 aromatic carbocycles. The van der Waals surface area contributed by atoms with E-state index in [0.717, 1.165) is 39.2 Å². The molecule has 3 heterocycles. The van der Waals surface area contributed by atoms with E-state index >= 15 is 0 Å². The minimum Gasteiger partial charge on any atom is -0.359 e. The molecule has 0 radical (unpaired) electrons. The predicted molar refractivity (Wildman–Crippen MR) is 124 cm³/mol. The highest BCUT2D eigenvalue weighted by Crippen LogP contribution is 2.32. The maximum absolute atomic E-state index is 13.5. The van der Waals surface area contributed by atoms with Crippen LogP contribution >= 0.6 is 11.3 Å². The number of hydrogen-bond acceptors (Lipinski definition) is 4. The third-order valence-electron chi connectivity index (χ3n) is 5.37. The standard InChI is InChI=1S/C23H27N5OS/c1-14(2)24-23-25-20(13-30-23)19-12-15(3)27(16(19)4)21-17(5)26(6)28(22(21)29)18-10-8-7-9-11-18/h7-14H,1-6H3,(H,24,25). The molecule has 0 bridgehead atoms. The summed E-state index contributed by atoms with van der Waals surface area (Å²) in [7, 11) is 1.92. The van der Waals surface area contributed by atoms with Crippen LogP contribution in [0, 0.1) is 20.8 Å². The molecule has 0 fully saturated rings. The van der Waals surface area contributed by atoms with Gasteiger partial charge in [-0.15, -0.1) is 11.3 Å². The summed E-state index contributed by atoms with van der Waals surface area (Å²) in [6.07, 6.45) is 0. The lowest BCUT2D eigenvalue weighted by Gasteiger charge is -2.08. The Balaban J connectivity index is 1.85. The fraction of sp³-hybridized carbons (Fsp3) is 0.304. The van der Waals surface area contributed by atoms with Crippen molar-refractivity contribution >= 4 is 16.5 Å². The molecule has 0 spiro atoms. The van der Waals surface area contributed by atoms with Gasteiger partial charge in [-0.05, 0) is 52.8 Å². The van der Waals surface area contributed by atoms with Gasteiger partial charge in [0.05, 0.1) is 17.1 Å². The number of benzene rings is 1. The molecule has 0 aliphatic rings. The minimum atomic E-state index is -0.0324. The Hall–Kier alpha value is -3.06. The van der Waals surface area contributed by atoms with Crippen molar-refractivity contribution in [3.8, 4) is 22.6 Å². The van der Waals surface area contributed by atoms with Crippen LogP contribution in [-0.4, -0.2) is 25.0 Å². The van der Waals surface area contributed by atoms with Gasteiger partial charge in [0.2, 0.25) is 0 Å². The van der Waals surface area contributed by atoms with Gasteiger partial charge in [-0.1, -0.05) is 18.2 Å². The van der Waals surface area contributed by atoms with Gasteiger partial charge in [0.1, 0.15) is 5.69 Å². The topological polar surface area (TPSA) is 56.8 Å². The largest absolute Gasteiger partial charge is 0.359 e. The average Bonchev–Trinajstić information content (AvgIpc) is 3.33. The Morgan fingerprint density at radius 1 is 1.07 bits per heavy atom. The molecule has 1 N–H and O–H groups in total. The summed E-state index contributed by atoms with van der Waals surface area (Å²) in [6.45, 7) is 10.3.